The number of imide groups is 1. The Morgan fingerprint density at radius 3 is 2.71 bits per heavy atom. The molecule has 34 heavy (non-hydrogen) atoms. The van der Waals surface area contributed by atoms with Gasteiger partial charge in [0.05, 0.1) is 17.2 Å². The molecule has 0 bridgehead atoms. The van der Waals surface area contributed by atoms with Crippen LogP contribution < -0.4 is 4.90 Å². The second-order valence-corrected chi connectivity index (χ2v) is 15.9. The number of carbonyl (C=O) groups excluding carboxylic acids is 2. The first-order valence-electron chi connectivity index (χ1n) is 11.9. The topological polar surface area (TPSA) is 95.3 Å². The number of rotatable bonds is 7. The van der Waals surface area contributed by atoms with Gasteiger partial charge < -0.3 is 19.3 Å². The summed E-state index contributed by atoms with van der Waals surface area (Å²) in [6.07, 6.45) is 3.04. The number of hydrogen-bond donors (Lipinski definition) is 1. The molecule has 1 atom stereocenters. The minimum absolute atomic E-state index is 0.0251. The number of nitrogens with zero attached hydrogens (tertiary/aromatic N) is 4. The normalized spacial score (nSPS) is 19.9. The third-order valence-corrected chi connectivity index (χ3v) is 8.32. The van der Waals surface area contributed by atoms with Gasteiger partial charge in [-0.25, -0.2) is 14.5 Å². The Balaban J connectivity index is 1.53. The average molecular weight is 487 g/mol. The van der Waals surface area contributed by atoms with Crippen molar-refractivity contribution in [2.75, 3.05) is 37.9 Å². The first-order valence-corrected chi connectivity index (χ1v) is 15.6. The lowest BCUT2D eigenvalue weighted by molar-refractivity contribution is -0.133. The number of urea groups is 1. The molecule has 10 heteroatoms. The van der Waals surface area contributed by atoms with Crippen molar-refractivity contribution in [2.24, 2.45) is 0 Å². The van der Waals surface area contributed by atoms with E-state index in [2.05, 4.69) is 24.2 Å². The number of likely N-dealkylation sites (tertiary alicyclic amines) is 1. The van der Waals surface area contributed by atoms with E-state index in [1.165, 1.54) is 9.80 Å². The van der Waals surface area contributed by atoms with Gasteiger partial charge in [-0.2, -0.15) is 0 Å². The Labute approximate surface area is 200 Å². The predicted molar refractivity (Wildman–Crippen MR) is 133 cm³/mol. The van der Waals surface area contributed by atoms with Crippen molar-refractivity contribution in [1.29, 1.82) is 0 Å². The molecule has 2 aromatic rings. The van der Waals surface area contributed by atoms with E-state index in [4.69, 9.17) is 4.74 Å². The molecule has 1 aromatic heterocycles. The fraction of sp³-hybridized carbons (Fsp3) is 0.542. The molecule has 0 spiro atoms. The van der Waals surface area contributed by atoms with Crippen LogP contribution in [0.5, 0.6) is 0 Å². The monoisotopic (exact) mass is 486 g/mol. The van der Waals surface area contributed by atoms with Gasteiger partial charge in [0.25, 0.3) is 0 Å². The van der Waals surface area contributed by atoms with Crippen LogP contribution in [-0.4, -0.2) is 78.6 Å². The van der Waals surface area contributed by atoms with Crippen LogP contribution >= 0.6 is 0 Å². The molecule has 4 amide bonds. The van der Waals surface area contributed by atoms with Crippen LogP contribution in [0.4, 0.5) is 15.3 Å². The van der Waals surface area contributed by atoms with Crippen molar-refractivity contribution in [3.05, 3.63) is 30.5 Å². The van der Waals surface area contributed by atoms with Gasteiger partial charge in [0.15, 0.2) is 0 Å². The lowest BCUT2D eigenvalue weighted by Gasteiger charge is -2.34. The summed E-state index contributed by atoms with van der Waals surface area (Å²) >= 11 is 0. The number of carbonyl (C=O) groups is 3. The highest BCUT2D eigenvalue weighted by Gasteiger charge is 2.34. The van der Waals surface area contributed by atoms with E-state index < -0.39 is 14.2 Å². The lowest BCUT2D eigenvalue weighted by atomic mass is 10.1. The van der Waals surface area contributed by atoms with Gasteiger partial charge in [0.1, 0.15) is 6.73 Å². The largest absolute Gasteiger partial charge is 0.465 e. The van der Waals surface area contributed by atoms with Gasteiger partial charge in [-0.15, -0.1) is 0 Å². The molecule has 0 saturated carbocycles. The second kappa shape index (κ2) is 9.79. The zero-order valence-corrected chi connectivity index (χ0v) is 21.2. The van der Waals surface area contributed by atoms with E-state index in [0.717, 1.165) is 35.5 Å². The highest BCUT2D eigenvalue weighted by Crippen LogP contribution is 2.33. The Hall–Kier alpha value is -2.85. The van der Waals surface area contributed by atoms with E-state index in [9.17, 15) is 19.5 Å². The van der Waals surface area contributed by atoms with E-state index in [1.54, 1.807) is 4.90 Å². The van der Waals surface area contributed by atoms with Crippen molar-refractivity contribution in [3.8, 4) is 0 Å². The number of benzene rings is 1. The SMILES string of the molecule is C[Si](C)(C)CCOCN1C(=O)CCN(c2cccc3c2ccn3[C@@H]2CCCN(C(=O)O)C2)C1=O. The number of amides is 4. The number of anilines is 1. The van der Waals surface area contributed by atoms with Crippen molar-refractivity contribution in [3.63, 3.8) is 0 Å². The number of ether oxygens (including phenoxy) is 1. The summed E-state index contributed by atoms with van der Waals surface area (Å²) in [7, 11) is -1.26. The molecule has 1 N–H and O–H groups in total. The van der Waals surface area contributed by atoms with E-state index >= 15 is 0 Å². The maximum Gasteiger partial charge on any atom is 0.407 e. The number of aromatic nitrogens is 1. The Kier molecular flexibility index (Phi) is 6.99. The minimum atomic E-state index is -1.26. The maximum atomic E-state index is 13.3. The van der Waals surface area contributed by atoms with Crippen LogP contribution in [0.1, 0.15) is 25.3 Å². The smallest absolute Gasteiger partial charge is 0.407 e. The molecule has 2 aliphatic rings. The summed E-state index contributed by atoms with van der Waals surface area (Å²) in [6.45, 7) is 8.62. The van der Waals surface area contributed by atoms with Gasteiger partial charge in [-0.1, -0.05) is 25.7 Å². The zero-order chi connectivity index (χ0) is 24.5. The quantitative estimate of drug-likeness (QED) is 0.462. The van der Waals surface area contributed by atoms with E-state index in [1.807, 2.05) is 30.5 Å². The van der Waals surface area contributed by atoms with Gasteiger partial charge in [-0.05, 0) is 37.1 Å². The van der Waals surface area contributed by atoms with Crippen molar-refractivity contribution < 1.29 is 24.2 Å². The van der Waals surface area contributed by atoms with Gasteiger partial charge in [0, 0.05) is 52.3 Å². The van der Waals surface area contributed by atoms with Gasteiger partial charge in [0.2, 0.25) is 5.91 Å². The van der Waals surface area contributed by atoms with E-state index in [-0.39, 0.29) is 31.1 Å². The molecule has 1 aromatic carbocycles. The predicted octanol–water partition coefficient (Wildman–Crippen LogP) is 4.43. The summed E-state index contributed by atoms with van der Waals surface area (Å²) in [5.74, 6) is -0.213. The fourth-order valence-corrected chi connectivity index (χ4v) is 5.41. The summed E-state index contributed by atoms with van der Waals surface area (Å²) < 4.78 is 7.83. The van der Waals surface area contributed by atoms with E-state index in [0.29, 0.717) is 26.2 Å². The summed E-state index contributed by atoms with van der Waals surface area (Å²) in [4.78, 5) is 41.5. The molecule has 0 unspecified atom stereocenters. The third-order valence-electron chi connectivity index (χ3n) is 6.62. The zero-order valence-electron chi connectivity index (χ0n) is 20.2. The Morgan fingerprint density at radius 1 is 1.18 bits per heavy atom. The first-order chi connectivity index (χ1) is 16.2. The highest BCUT2D eigenvalue weighted by atomic mass is 28.3. The molecule has 2 fully saturated rings. The summed E-state index contributed by atoms with van der Waals surface area (Å²) in [5.41, 5.74) is 1.71. The average Bonchev–Trinajstić information content (AvgIpc) is 3.22. The molecule has 2 saturated heterocycles. The molecule has 0 aliphatic carbocycles. The molecule has 0 radical (unpaired) electrons. The van der Waals surface area contributed by atoms with Crippen LogP contribution in [-0.2, 0) is 9.53 Å². The molecular weight excluding hydrogens is 452 g/mol. The maximum absolute atomic E-state index is 13.3. The molecule has 4 rings (SSSR count). The Bertz CT molecular complexity index is 1080. The van der Waals surface area contributed by atoms with Crippen LogP contribution in [0.15, 0.2) is 30.5 Å². The highest BCUT2D eigenvalue weighted by molar-refractivity contribution is 6.76. The molecule has 3 heterocycles. The van der Waals surface area contributed by atoms with Crippen LogP contribution in [0.3, 0.4) is 0 Å². The summed E-state index contributed by atoms with van der Waals surface area (Å²) in [6, 6.07) is 8.43. The number of piperidine rings is 1. The second-order valence-electron chi connectivity index (χ2n) is 10.3. The van der Waals surface area contributed by atoms with Gasteiger partial charge >= 0.3 is 12.1 Å². The lowest BCUT2D eigenvalue weighted by Crippen LogP contribution is -2.53. The first kappa shape index (κ1) is 24.3. The number of carboxylic acid groups (broad SMARTS) is 1. The van der Waals surface area contributed by atoms with Crippen LogP contribution in [0.2, 0.25) is 25.7 Å². The molecule has 2 aliphatic heterocycles. The van der Waals surface area contributed by atoms with Crippen molar-refractivity contribution >= 4 is 42.7 Å². The molecule has 184 valence electrons. The molecule has 9 nitrogen and oxygen atoms in total. The molecular formula is C24H34N4O5Si. The Morgan fingerprint density at radius 2 is 1.97 bits per heavy atom. The number of fused-ring (bicyclic) bond motifs is 1. The van der Waals surface area contributed by atoms with Crippen molar-refractivity contribution in [1.82, 2.24) is 14.4 Å². The van der Waals surface area contributed by atoms with Gasteiger partial charge in [-0.3, -0.25) is 9.69 Å². The van der Waals surface area contributed by atoms with Crippen LogP contribution in [0, 0.1) is 0 Å². The minimum Gasteiger partial charge on any atom is -0.465 e. The fourth-order valence-electron chi connectivity index (χ4n) is 4.66. The third kappa shape index (κ3) is 5.12. The van der Waals surface area contributed by atoms with Crippen LogP contribution in [0.25, 0.3) is 10.9 Å². The standard InChI is InChI=1S/C24H34N4O5Si/c1-34(2,3)15-14-33-17-28-22(29)10-13-27(23(28)30)21-8-4-7-20-19(21)9-12-26(20)18-6-5-11-25(16-18)24(31)32/h4,7-9,12,18H,5-6,10-11,13-17H2,1-3H3,(H,31,32)/t18-/m1/s1. The number of hydrogen-bond acceptors (Lipinski definition) is 4. The van der Waals surface area contributed by atoms with Crippen molar-refractivity contribution in [2.45, 2.75) is 51.0 Å². The summed E-state index contributed by atoms with van der Waals surface area (Å²) in [5, 5.41) is 10.3.